The number of carbonyl (C=O) groups is 1. The van der Waals surface area contributed by atoms with Crippen molar-refractivity contribution >= 4 is 17.5 Å². The van der Waals surface area contributed by atoms with Crippen LogP contribution in [0.15, 0.2) is 4.52 Å². The Morgan fingerprint density at radius 1 is 1.44 bits per heavy atom. The minimum Gasteiger partial charge on any atom is -0.342 e. The Morgan fingerprint density at radius 2 is 2.17 bits per heavy atom. The van der Waals surface area contributed by atoms with E-state index < -0.39 is 5.54 Å². The molecule has 0 radical (unpaired) electrons. The van der Waals surface area contributed by atoms with E-state index in [-0.39, 0.29) is 11.8 Å². The van der Waals surface area contributed by atoms with Crippen molar-refractivity contribution in [2.45, 2.75) is 50.0 Å². The average Bonchev–Trinajstić information content (AvgIpc) is 2.93. The first-order chi connectivity index (χ1) is 8.73. The molecule has 2 fully saturated rings. The number of rotatable bonds is 4. The summed E-state index contributed by atoms with van der Waals surface area (Å²) >= 11 is 5.57. The highest BCUT2D eigenvalue weighted by Crippen LogP contribution is 2.42. The second-order valence-corrected chi connectivity index (χ2v) is 5.47. The number of hydrogen-bond donors (Lipinski definition) is 1. The minimum absolute atomic E-state index is 0.0327. The van der Waals surface area contributed by atoms with Crippen LogP contribution in [0, 0.1) is 0 Å². The third kappa shape index (κ3) is 2.11. The van der Waals surface area contributed by atoms with E-state index in [1.165, 1.54) is 0 Å². The standard InChI is InChI=1S/C12H16ClN3O2/c13-7-9(17)15-12(5-1-2-6-12)11-14-10(18-16-11)8-3-4-8/h8H,1-7H2,(H,15,17). The van der Waals surface area contributed by atoms with Crippen LogP contribution in [0.5, 0.6) is 0 Å². The Kier molecular flexibility index (Phi) is 3.01. The van der Waals surface area contributed by atoms with E-state index in [9.17, 15) is 4.79 Å². The highest BCUT2D eigenvalue weighted by molar-refractivity contribution is 6.27. The topological polar surface area (TPSA) is 68.0 Å². The van der Waals surface area contributed by atoms with Gasteiger partial charge in [-0.3, -0.25) is 4.79 Å². The first-order valence-corrected chi connectivity index (χ1v) is 6.98. The molecule has 2 aliphatic rings. The van der Waals surface area contributed by atoms with E-state index in [1.807, 2.05) is 0 Å². The number of amides is 1. The summed E-state index contributed by atoms with van der Waals surface area (Å²) in [5.41, 5.74) is -0.456. The van der Waals surface area contributed by atoms with Crippen LogP contribution in [0.3, 0.4) is 0 Å². The van der Waals surface area contributed by atoms with E-state index >= 15 is 0 Å². The van der Waals surface area contributed by atoms with Gasteiger partial charge in [0.1, 0.15) is 11.4 Å². The maximum Gasteiger partial charge on any atom is 0.235 e. The fourth-order valence-electron chi connectivity index (χ4n) is 2.61. The highest BCUT2D eigenvalue weighted by Gasteiger charge is 2.42. The molecule has 0 bridgehead atoms. The van der Waals surface area contributed by atoms with Crippen molar-refractivity contribution in [3.05, 3.63) is 11.7 Å². The van der Waals surface area contributed by atoms with E-state index in [2.05, 4.69) is 15.5 Å². The molecule has 5 nitrogen and oxygen atoms in total. The number of nitrogens with one attached hydrogen (secondary N) is 1. The van der Waals surface area contributed by atoms with Gasteiger partial charge in [0.2, 0.25) is 11.8 Å². The molecule has 0 atom stereocenters. The first kappa shape index (κ1) is 12.0. The third-order valence-electron chi connectivity index (χ3n) is 3.75. The summed E-state index contributed by atoms with van der Waals surface area (Å²) in [5, 5.41) is 7.05. The Labute approximate surface area is 110 Å². The van der Waals surface area contributed by atoms with E-state index in [0.29, 0.717) is 11.7 Å². The van der Waals surface area contributed by atoms with Crippen LogP contribution in [0.4, 0.5) is 0 Å². The van der Waals surface area contributed by atoms with Crippen molar-refractivity contribution in [2.75, 3.05) is 5.88 Å². The van der Waals surface area contributed by atoms with Crippen molar-refractivity contribution in [3.63, 3.8) is 0 Å². The van der Waals surface area contributed by atoms with Gasteiger partial charge in [-0.2, -0.15) is 4.98 Å². The van der Waals surface area contributed by atoms with Gasteiger partial charge in [-0.25, -0.2) is 0 Å². The number of hydrogen-bond acceptors (Lipinski definition) is 4. The van der Waals surface area contributed by atoms with Gasteiger partial charge < -0.3 is 9.84 Å². The fourth-order valence-corrected chi connectivity index (χ4v) is 2.68. The third-order valence-corrected chi connectivity index (χ3v) is 4.00. The number of alkyl halides is 1. The molecule has 1 aromatic rings. The Morgan fingerprint density at radius 3 is 2.78 bits per heavy atom. The Balaban J connectivity index is 1.84. The summed E-state index contributed by atoms with van der Waals surface area (Å²) in [6.45, 7) is 0. The molecule has 1 aromatic heterocycles. The Hall–Kier alpha value is -1.10. The molecule has 1 N–H and O–H groups in total. The lowest BCUT2D eigenvalue weighted by Crippen LogP contribution is -2.45. The molecule has 2 aliphatic carbocycles. The number of carbonyl (C=O) groups excluding carboxylic acids is 1. The lowest BCUT2D eigenvalue weighted by molar-refractivity contribution is -0.120. The largest absolute Gasteiger partial charge is 0.342 e. The SMILES string of the molecule is O=C(CCl)NC1(c2noc(C3CC3)n2)CCCC1. The van der Waals surface area contributed by atoms with Crippen LogP contribution in [-0.2, 0) is 10.3 Å². The van der Waals surface area contributed by atoms with E-state index in [0.717, 1.165) is 44.4 Å². The normalized spacial score (nSPS) is 22.1. The quantitative estimate of drug-likeness (QED) is 0.850. The molecule has 98 valence electrons. The van der Waals surface area contributed by atoms with E-state index in [1.54, 1.807) is 0 Å². The lowest BCUT2D eigenvalue weighted by atomic mass is 9.96. The molecule has 6 heteroatoms. The molecule has 0 aromatic carbocycles. The van der Waals surface area contributed by atoms with Crippen LogP contribution in [0.25, 0.3) is 0 Å². The van der Waals surface area contributed by atoms with Gasteiger partial charge >= 0.3 is 0 Å². The van der Waals surface area contributed by atoms with Gasteiger partial charge in [0, 0.05) is 5.92 Å². The van der Waals surface area contributed by atoms with Crippen LogP contribution in [0.1, 0.15) is 56.2 Å². The molecule has 1 amide bonds. The van der Waals surface area contributed by atoms with Crippen LogP contribution >= 0.6 is 11.6 Å². The van der Waals surface area contributed by atoms with Crippen molar-refractivity contribution in [2.24, 2.45) is 0 Å². The molecule has 0 unspecified atom stereocenters. The van der Waals surface area contributed by atoms with Gasteiger partial charge in [0.05, 0.1) is 0 Å². The fraction of sp³-hybridized carbons (Fsp3) is 0.750. The van der Waals surface area contributed by atoms with Crippen LogP contribution in [0.2, 0.25) is 0 Å². The molecule has 18 heavy (non-hydrogen) atoms. The summed E-state index contributed by atoms with van der Waals surface area (Å²) in [6, 6.07) is 0. The van der Waals surface area contributed by atoms with E-state index in [4.69, 9.17) is 16.1 Å². The monoisotopic (exact) mass is 269 g/mol. The number of nitrogens with zero attached hydrogens (tertiary/aromatic N) is 2. The minimum atomic E-state index is -0.456. The molecular formula is C12H16ClN3O2. The molecule has 0 saturated heterocycles. The smallest absolute Gasteiger partial charge is 0.235 e. The zero-order valence-corrected chi connectivity index (χ0v) is 10.9. The van der Waals surface area contributed by atoms with Gasteiger partial charge in [-0.05, 0) is 25.7 Å². The zero-order valence-electron chi connectivity index (χ0n) is 10.1. The first-order valence-electron chi connectivity index (χ1n) is 6.44. The number of aromatic nitrogens is 2. The van der Waals surface area contributed by atoms with Crippen molar-refractivity contribution in [1.82, 2.24) is 15.5 Å². The number of halogens is 1. The molecule has 0 aliphatic heterocycles. The molecule has 0 spiro atoms. The van der Waals surface area contributed by atoms with Crippen molar-refractivity contribution in [1.29, 1.82) is 0 Å². The van der Waals surface area contributed by atoms with Gasteiger partial charge in [0.25, 0.3) is 0 Å². The predicted octanol–water partition coefficient (Wildman–Crippen LogP) is 2.07. The summed E-state index contributed by atoms with van der Waals surface area (Å²) in [5.74, 6) is 1.58. The summed E-state index contributed by atoms with van der Waals surface area (Å²) in [6.07, 6.45) is 6.11. The van der Waals surface area contributed by atoms with Gasteiger partial charge in [-0.1, -0.05) is 18.0 Å². The zero-order chi connectivity index (χ0) is 12.6. The molecule has 1 heterocycles. The molecule has 3 rings (SSSR count). The molecule has 2 saturated carbocycles. The van der Waals surface area contributed by atoms with Gasteiger partial charge in [-0.15, -0.1) is 11.6 Å². The Bertz CT molecular complexity index is 450. The summed E-state index contributed by atoms with van der Waals surface area (Å²) in [7, 11) is 0. The van der Waals surface area contributed by atoms with Crippen molar-refractivity contribution in [3.8, 4) is 0 Å². The van der Waals surface area contributed by atoms with Crippen LogP contribution in [-0.4, -0.2) is 21.9 Å². The van der Waals surface area contributed by atoms with Gasteiger partial charge in [0.15, 0.2) is 5.82 Å². The lowest BCUT2D eigenvalue weighted by Gasteiger charge is -2.26. The maximum absolute atomic E-state index is 11.6. The maximum atomic E-state index is 11.6. The molecular weight excluding hydrogens is 254 g/mol. The summed E-state index contributed by atoms with van der Waals surface area (Å²) < 4.78 is 5.30. The summed E-state index contributed by atoms with van der Waals surface area (Å²) in [4.78, 5) is 16.0. The average molecular weight is 270 g/mol. The second-order valence-electron chi connectivity index (χ2n) is 5.20. The predicted molar refractivity (Wildman–Crippen MR) is 65.3 cm³/mol. The van der Waals surface area contributed by atoms with Crippen LogP contribution < -0.4 is 5.32 Å². The highest BCUT2D eigenvalue weighted by atomic mass is 35.5. The second kappa shape index (κ2) is 4.53. The van der Waals surface area contributed by atoms with Crippen molar-refractivity contribution < 1.29 is 9.32 Å².